The van der Waals surface area contributed by atoms with Gasteiger partial charge >= 0.3 is 0 Å². The van der Waals surface area contributed by atoms with Crippen LogP contribution in [0.2, 0.25) is 5.02 Å². The molecule has 1 heterocycles. The molecule has 0 spiro atoms. The first-order valence-corrected chi connectivity index (χ1v) is 7.61. The van der Waals surface area contributed by atoms with E-state index in [9.17, 15) is 14.9 Å². The molecule has 0 saturated carbocycles. The maximum absolute atomic E-state index is 12.6. The minimum atomic E-state index is -0.491. The van der Waals surface area contributed by atoms with Crippen LogP contribution in [0.25, 0.3) is 6.08 Å². The van der Waals surface area contributed by atoms with Gasteiger partial charge in [-0.15, -0.1) is 0 Å². The standard InChI is InChI=1S/C16H10ClN3O3S/c17-11-4-2-5-12(9-11)19-15(21)14(18-16(19)24)8-10-3-1-6-13(7-10)20(22)23/h1-9H,(H,18,24)/b14-8-. The third-order valence-corrected chi connectivity index (χ3v) is 3.86. The van der Waals surface area contributed by atoms with Crippen LogP contribution < -0.4 is 10.2 Å². The van der Waals surface area contributed by atoms with Gasteiger partial charge in [-0.25, -0.2) is 0 Å². The van der Waals surface area contributed by atoms with E-state index in [4.69, 9.17) is 23.8 Å². The normalized spacial score (nSPS) is 15.7. The third kappa shape index (κ3) is 3.12. The highest BCUT2D eigenvalue weighted by Gasteiger charge is 2.32. The third-order valence-electron chi connectivity index (χ3n) is 3.34. The Bertz CT molecular complexity index is 898. The van der Waals surface area contributed by atoms with Gasteiger partial charge in [-0.1, -0.05) is 29.8 Å². The highest BCUT2D eigenvalue weighted by Crippen LogP contribution is 2.25. The SMILES string of the molecule is O=C1/C(=C/c2cccc([N+](=O)[O-])c2)NC(=S)N1c1cccc(Cl)c1. The quantitative estimate of drug-likeness (QED) is 0.393. The summed E-state index contributed by atoms with van der Waals surface area (Å²) < 4.78 is 0. The maximum Gasteiger partial charge on any atom is 0.281 e. The van der Waals surface area contributed by atoms with Crippen LogP contribution in [0.1, 0.15) is 5.56 Å². The number of hydrogen-bond donors (Lipinski definition) is 1. The molecule has 0 atom stereocenters. The summed E-state index contributed by atoms with van der Waals surface area (Å²) in [5.41, 5.74) is 1.26. The molecule has 1 fully saturated rings. The lowest BCUT2D eigenvalue weighted by molar-refractivity contribution is -0.384. The van der Waals surface area contributed by atoms with Crippen LogP contribution >= 0.6 is 23.8 Å². The van der Waals surface area contributed by atoms with Gasteiger partial charge in [0.1, 0.15) is 5.70 Å². The summed E-state index contributed by atoms with van der Waals surface area (Å²) in [6.45, 7) is 0. The number of thiocarbonyl (C=S) groups is 1. The van der Waals surface area contributed by atoms with Crippen LogP contribution in [-0.4, -0.2) is 15.9 Å². The molecule has 0 radical (unpaired) electrons. The monoisotopic (exact) mass is 359 g/mol. The number of nitrogens with zero attached hydrogens (tertiary/aromatic N) is 2. The highest BCUT2D eigenvalue weighted by molar-refractivity contribution is 7.80. The number of carbonyl (C=O) groups excluding carboxylic acids is 1. The lowest BCUT2D eigenvalue weighted by Crippen LogP contribution is -2.30. The predicted octanol–water partition coefficient (Wildman–Crippen LogP) is 3.51. The van der Waals surface area contributed by atoms with Crippen molar-refractivity contribution in [1.29, 1.82) is 0 Å². The molecule has 1 N–H and O–H groups in total. The van der Waals surface area contributed by atoms with Gasteiger partial charge in [0.2, 0.25) is 0 Å². The first kappa shape index (κ1) is 16.1. The molecule has 3 rings (SSSR count). The Morgan fingerprint density at radius 1 is 1.21 bits per heavy atom. The molecule has 1 amide bonds. The molecule has 6 nitrogen and oxygen atoms in total. The van der Waals surface area contributed by atoms with Crippen LogP contribution in [0.5, 0.6) is 0 Å². The van der Waals surface area contributed by atoms with Crippen molar-refractivity contribution in [2.45, 2.75) is 0 Å². The Labute approximate surface area is 147 Å². The van der Waals surface area contributed by atoms with Crippen LogP contribution in [0.3, 0.4) is 0 Å². The maximum atomic E-state index is 12.6. The van der Waals surface area contributed by atoms with E-state index < -0.39 is 4.92 Å². The van der Waals surface area contributed by atoms with Gasteiger partial charge in [0.25, 0.3) is 11.6 Å². The summed E-state index contributed by atoms with van der Waals surface area (Å²) in [6, 6.07) is 12.7. The number of hydrogen-bond acceptors (Lipinski definition) is 4. The molecule has 1 aliphatic heterocycles. The Balaban J connectivity index is 1.94. The smallest absolute Gasteiger partial charge is 0.281 e. The van der Waals surface area contributed by atoms with Gasteiger partial charge < -0.3 is 5.32 Å². The summed E-state index contributed by atoms with van der Waals surface area (Å²) in [7, 11) is 0. The van der Waals surface area contributed by atoms with Gasteiger partial charge in [-0.05, 0) is 42.1 Å². The molecule has 2 aromatic carbocycles. The fraction of sp³-hybridized carbons (Fsp3) is 0. The van der Waals surface area contributed by atoms with E-state index in [2.05, 4.69) is 5.32 Å². The van der Waals surface area contributed by atoms with Crippen LogP contribution in [0, 0.1) is 10.1 Å². The van der Waals surface area contributed by atoms with Crippen molar-refractivity contribution in [3.05, 3.63) is 74.9 Å². The number of nitrogens with one attached hydrogen (secondary N) is 1. The zero-order valence-corrected chi connectivity index (χ0v) is 13.7. The molecular formula is C16H10ClN3O3S. The Hall–Kier alpha value is -2.77. The molecule has 1 aliphatic rings. The molecule has 120 valence electrons. The first-order chi connectivity index (χ1) is 11.5. The summed E-state index contributed by atoms with van der Waals surface area (Å²) >= 11 is 11.2. The fourth-order valence-corrected chi connectivity index (χ4v) is 2.76. The van der Waals surface area contributed by atoms with E-state index in [0.29, 0.717) is 16.3 Å². The molecule has 0 unspecified atom stereocenters. The molecule has 2 aromatic rings. The lowest BCUT2D eigenvalue weighted by atomic mass is 10.1. The molecular weight excluding hydrogens is 350 g/mol. The van der Waals surface area contributed by atoms with Crippen molar-refractivity contribution in [1.82, 2.24) is 5.32 Å². The van der Waals surface area contributed by atoms with E-state index in [1.165, 1.54) is 23.1 Å². The topological polar surface area (TPSA) is 75.5 Å². The van der Waals surface area contributed by atoms with Crippen LogP contribution in [0.4, 0.5) is 11.4 Å². The number of rotatable bonds is 3. The van der Waals surface area contributed by atoms with E-state index in [1.54, 1.807) is 36.4 Å². The van der Waals surface area contributed by atoms with Crippen molar-refractivity contribution in [3.63, 3.8) is 0 Å². The minimum Gasteiger partial charge on any atom is -0.327 e. The molecule has 0 aromatic heterocycles. The zero-order valence-electron chi connectivity index (χ0n) is 12.1. The van der Waals surface area contributed by atoms with Gasteiger partial charge in [0.05, 0.1) is 10.6 Å². The summed E-state index contributed by atoms with van der Waals surface area (Å²) in [5, 5.41) is 14.4. The summed E-state index contributed by atoms with van der Waals surface area (Å²) in [5.74, 6) is -0.353. The van der Waals surface area contributed by atoms with Gasteiger partial charge in [0.15, 0.2) is 5.11 Å². The first-order valence-electron chi connectivity index (χ1n) is 6.83. The number of nitro benzene ring substituents is 1. The Morgan fingerprint density at radius 2 is 1.96 bits per heavy atom. The van der Waals surface area contributed by atoms with Crippen molar-refractivity contribution < 1.29 is 9.72 Å². The number of anilines is 1. The van der Waals surface area contributed by atoms with Crippen molar-refractivity contribution in [2.75, 3.05) is 4.90 Å². The fourth-order valence-electron chi connectivity index (χ4n) is 2.28. The van der Waals surface area contributed by atoms with Crippen molar-refractivity contribution in [2.24, 2.45) is 0 Å². The largest absolute Gasteiger partial charge is 0.327 e. The number of non-ortho nitro benzene ring substituents is 1. The number of carbonyl (C=O) groups is 1. The lowest BCUT2D eigenvalue weighted by Gasteiger charge is -2.13. The highest BCUT2D eigenvalue weighted by atomic mass is 35.5. The molecule has 24 heavy (non-hydrogen) atoms. The van der Waals surface area contributed by atoms with Crippen molar-refractivity contribution in [3.8, 4) is 0 Å². The molecule has 1 saturated heterocycles. The van der Waals surface area contributed by atoms with Crippen LogP contribution in [0.15, 0.2) is 54.2 Å². The second kappa shape index (κ2) is 6.38. The number of amides is 1. The Morgan fingerprint density at radius 3 is 2.67 bits per heavy atom. The van der Waals surface area contributed by atoms with E-state index in [1.807, 2.05) is 0 Å². The van der Waals surface area contributed by atoms with Gasteiger partial charge in [-0.3, -0.25) is 19.8 Å². The minimum absolute atomic E-state index is 0.0518. The second-order valence-electron chi connectivity index (χ2n) is 4.96. The number of benzene rings is 2. The number of nitro groups is 1. The zero-order chi connectivity index (χ0) is 17.3. The molecule has 8 heteroatoms. The molecule has 0 aliphatic carbocycles. The summed E-state index contributed by atoms with van der Waals surface area (Å²) in [6.07, 6.45) is 1.52. The molecule has 0 bridgehead atoms. The predicted molar refractivity (Wildman–Crippen MR) is 95.7 cm³/mol. The van der Waals surface area contributed by atoms with Gasteiger partial charge in [0, 0.05) is 17.2 Å². The second-order valence-corrected chi connectivity index (χ2v) is 5.78. The van der Waals surface area contributed by atoms with E-state index in [0.717, 1.165) is 0 Å². The van der Waals surface area contributed by atoms with Crippen LogP contribution in [-0.2, 0) is 4.79 Å². The number of halogens is 1. The van der Waals surface area contributed by atoms with E-state index >= 15 is 0 Å². The van der Waals surface area contributed by atoms with Crippen molar-refractivity contribution >= 4 is 52.3 Å². The average Bonchev–Trinajstić information content (AvgIpc) is 2.81. The Kier molecular flexibility index (Phi) is 4.28. The van der Waals surface area contributed by atoms with E-state index in [-0.39, 0.29) is 22.4 Å². The summed E-state index contributed by atoms with van der Waals surface area (Å²) in [4.78, 5) is 24.3. The van der Waals surface area contributed by atoms with Gasteiger partial charge in [-0.2, -0.15) is 0 Å². The average molecular weight is 360 g/mol.